The summed E-state index contributed by atoms with van der Waals surface area (Å²) in [6.07, 6.45) is -4.41. The van der Waals surface area contributed by atoms with Gasteiger partial charge in [-0.3, -0.25) is 4.68 Å². The molecule has 11 heteroatoms. The third-order valence-electron chi connectivity index (χ3n) is 4.97. The van der Waals surface area contributed by atoms with E-state index in [4.69, 9.17) is 9.47 Å². The zero-order valence-electron chi connectivity index (χ0n) is 15.5. The van der Waals surface area contributed by atoms with Crippen LogP contribution in [0.1, 0.15) is 29.9 Å². The van der Waals surface area contributed by atoms with Gasteiger partial charge in [0.1, 0.15) is 6.54 Å². The maximum atomic E-state index is 13.0. The summed E-state index contributed by atoms with van der Waals surface area (Å²) in [4.78, 5) is 0. The number of rotatable bonds is 5. The van der Waals surface area contributed by atoms with Gasteiger partial charge in [0, 0.05) is 23.2 Å². The number of morpholine rings is 1. The van der Waals surface area contributed by atoms with E-state index in [0.717, 1.165) is 4.68 Å². The number of aromatic nitrogens is 2. The number of sulfonamides is 1. The lowest BCUT2D eigenvalue weighted by Crippen LogP contribution is -2.51. The standard InChI is InChI=1S/C16H24F3N3O4S/c1-11-14(12(2)21(20-11)7-16(17,18)19)13-6-25-5-4-22(13)27(23,24)10-15(3)8-26-9-15/h13H,4-10H2,1-3H3. The van der Waals surface area contributed by atoms with Crippen molar-refractivity contribution in [1.29, 1.82) is 0 Å². The molecule has 0 saturated carbocycles. The third-order valence-corrected chi connectivity index (χ3v) is 7.18. The molecule has 7 nitrogen and oxygen atoms in total. The molecule has 154 valence electrons. The first kappa shape index (κ1) is 20.6. The van der Waals surface area contributed by atoms with Crippen LogP contribution in [0.15, 0.2) is 0 Å². The summed E-state index contributed by atoms with van der Waals surface area (Å²) in [5.41, 5.74) is 0.730. The summed E-state index contributed by atoms with van der Waals surface area (Å²) >= 11 is 0. The number of halogens is 3. The van der Waals surface area contributed by atoms with E-state index in [1.165, 1.54) is 11.2 Å². The minimum absolute atomic E-state index is 0.0642. The molecule has 0 spiro atoms. The summed E-state index contributed by atoms with van der Waals surface area (Å²) < 4.78 is 77.3. The quantitative estimate of drug-likeness (QED) is 0.739. The largest absolute Gasteiger partial charge is 0.408 e. The molecule has 1 atom stereocenters. The van der Waals surface area contributed by atoms with E-state index in [-0.39, 0.29) is 25.5 Å². The van der Waals surface area contributed by atoms with Gasteiger partial charge >= 0.3 is 6.18 Å². The summed E-state index contributed by atoms with van der Waals surface area (Å²) in [7, 11) is -3.64. The van der Waals surface area contributed by atoms with Gasteiger partial charge in [-0.1, -0.05) is 6.92 Å². The number of hydrogen-bond donors (Lipinski definition) is 0. The fourth-order valence-corrected chi connectivity index (χ4v) is 5.84. The molecular formula is C16H24F3N3O4S. The van der Waals surface area contributed by atoms with Crippen molar-refractivity contribution in [2.24, 2.45) is 5.41 Å². The normalized spacial score (nSPS) is 24.0. The van der Waals surface area contributed by atoms with Crippen molar-refractivity contribution >= 4 is 10.0 Å². The SMILES string of the molecule is Cc1nn(CC(F)(F)F)c(C)c1C1COCCN1S(=O)(=O)CC1(C)COC1. The third kappa shape index (κ3) is 4.30. The molecule has 2 aliphatic heterocycles. The summed E-state index contributed by atoms with van der Waals surface area (Å²) in [5.74, 6) is -0.0642. The second-order valence-corrected chi connectivity index (χ2v) is 9.54. The Morgan fingerprint density at radius 2 is 1.93 bits per heavy atom. The van der Waals surface area contributed by atoms with Gasteiger partial charge in [0.15, 0.2) is 0 Å². The monoisotopic (exact) mass is 411 g/mol. The number of nitrogens with zero attached hydrogens (tertiary/aromatic N) is 3. The van der Waals surface area contributed by atoms with E-state index in [2.05, 4.69) is 5.10 Å². The average molecular weight is 411 g/mol. The molecule has 2 saturated heterocycles. The predicted octanol–water partition coefficient (Wildman–Crippen LogP) is 1.80. The minimum Gasteiger partial charge on any atom is -0.380 e. The maximum Gasteiger partial charge on any atom is 0.408 e. The van der Waals surface area contributed by atoms with Gasteiger partial charge in [-0.05, 0) is 13.8 Å². The zero-order chi connectivity index (χ0) is 20.0. The van der Waals surface area contributed by atoms with E-state index >= 15 is 0 Å². The Kier molecular flexibility index (Phi) is 5.34. The first-order chi connectivity index (χ1) is 12.4. The molecule has 2 fully saturated rings. The van der Waals surface area contributed by atoms with Crippen molar-refractivity contribution in [2.45, 2.75) is 39.5 Å². The lowest BCUT2D eigenvalue weighted by atomic mass is 9.92. The first-order valence-corrected chi connectivity index (χ1v) is 10.3. The van der Waals surface area contributed by atoms with Crippen LogP contribution < -0.4 is 0 Å². The molecule has 1 unspecified atom stereocenters. The van der Waals surface area contributed by atoms with Crippen molar-refractivity contribution in [1.82, 2.24) is 14.1 Å². The fourth-order valence-electron chi connectivity index (χ4n) is 3.72. The van der Waals surface area contributed by atoms with Crippen molar-refractivity contribution in [3.8, 4) is 0 Å². The second-order valence-electron chi connectivity index (χ2n) is 7.62. The van der Waals surface area contributed by atoms with Crippen molar-refractivity contribution < 1.29 is 31.1 Å². The summed E-state index contributed by atoms with van der Waals surface area (Å²) in [6.45, 7) is 5.01. The smallest absolute Gasteiger partial charge is 0.380 e. The van der Waals surface area contributed by atoms with E-state index in [1.54, 1.807) is 6.92 Å². The van der Waals surface area contributed by atoms with E-state index in [0.29, 0.717) is 30.2 Å². The first-order valence-electron chi connectivity index (χ1n) is 8.68. The maximum absolute atomic E-state index is 13.0. The Morgan fingerprint density at radius 1 is 1.26 bits per heavy atom. The topological polar surface area (TPSA) is 73.7 Å². The molecule has 0 N–H and O–H groups in total. The molecule has 0 radical (unpaired) electrons. The van der Waals surface area contributed by atoms with Crippen LogP contribution in [0.2, 0.25) is 0 Å². The van der Waals surface area contributed by atoms with Crippen molar-refractivity contribution in [3.05, 3.63) is 17.0 Å². The number of hydrogen-bond acceptors (Lipinski definition) is 5. The number of ether oxygens (including phenoxy) is 2. The van der Waals surface area contributed by atoms with Crippen LogP contribution >= 0.6 is 0 Å². The van der Waals surface area contributed by atoms with Gasteiger partial charge in [-0.15, -0.1) is 0 Å². The molecule has 27 heavy (non-hydrogen) atoms. The van der Waals surface area contributed by atoms with E-state index < -0.39 is 34.2 Å². The van der Waals surface area contributed by atoms with Crippen molar-refractivity contribution in [2.75, 3.05) is 38.7 Å². The van der Waals surface area contributed by atoms with Gasteiger partial charge in [0.05, 0.1) is 43.9 Å². The molecule has 2 aliphatic rings. The van der Waals surface area contributed by atoms with E-state index in [1.807, 2.05) is 6.92 Å². The van der Waals surface area contributed by atoms with Crippen LogP contribution in [-0.2, 0) is 26.0 Å². The Hall–Kier alpha value is -1.17. The Bertz CT molecular complexity index is 803. The summed E-state index contributed by atoms with van der Waals surface area (Å²) in [5, 5.41) is 3.99. The Morgan fingerprint density at radius 3 is 2.48 bits per heavy atom. The fraction of sp³-hybridized carbons (Fsp3) is 0.812. The highest BCUT2D eigenvalue weighted by atomic mass is 32.2. The van der Waals surface area contributed by atoms with Crippen LogP contribution in [0.25, 0.3) is 0 Å². The predicted molar refractivity (Wildman–Crippen MR) is 90.7 cm³/mol. The van der Waals surface area contributed by atoms with E-state index in [9.17, 15) is 21.6 Å². The number of aryl methyl sites for hydroxylation is 1. The zero-order valence-corrected chi connectivity index (χ0v) is 16.4. The molecule has 1 aromatic rings. The Labute approximate surface area is 156 Å². The minimum atomic E-state index is -4.41. The van der Waals surface area contributed by atoms with Crippen LogP contribution in [0, 0.1) is 19.3 Å². The Balaban J connectivity index is 1.92. The highest BCUT2D eigenvalue weighted by molar-refractivity contribution is 7.89. The van der Waals surface area contributed by atoms with Crippen LogP contribution in [0.4, 0.5) is 13.2 Å². The summed E-state index contributed by atoms with van der Waals surface area (Å²) in [6, 6.07) is -0.685. The van der Waals surface area contributed by atoms with Gasteiger partial charge < -0.3 is 9.47 Å². The molecule has 0 amide bonds. The van der Waals surface area contributed by atoms with Gasteiger partial charge in [-0.25, -0.2) is 8.42 Å². The lowest BCUT2D eigenvalue weighted by Gasteiger charge is -2.41. The van der Waals surface area contributed by atoms with Gasteiger partial charge in [0.2, 0.25) is 10.0 Å². The van der Waals surface area contributed by atoms with Crippen molar-refractivity contribution in [3.63, 3.8) is 0 Å². The van der Waals surface area contributed by atoms with Gasteiger partial charge in [0.25, 0.3) is 0 Å². The average Bonchev–Trinajstić information content (AvgIpc) is 2.77. The van der Waals surface area contributed by atoms with Crippen LogP contribution in [-0.4, -0.2) is 67.4 Å². The van der Waals surface area contributed by atoms with Crippen LogP contribution in [0.5, 0.6) is 0 Å². The highest BCUT2D eigenvalue weighted by Gasteiger charge is 2.44. The molecule has 0 aliphatic carbocycles. The molecule has 0 bridgehead atoms. The molecular weight excluding hydrogens is 387 g/mol. The van der Waals surface area contributed by atoms with Gasteiger partial charge in [-0.2, -0.15) is 22.6 Å². The molecule has 3 heterocycles. The molecule has 0 aromatic carbocycles. The second kappa shape index (κ2) is 7.02. The molecule has 1 aromatic heterocycles. The highest BCUT2D eigenvalue weighted by Crippen LogP contribution is 2.36. The molecule has 3 rings (SSSR count). The number of alkyl halides is 3. The lowest BCUT2D eigenvalue weighted by molar-refractivity contribution is -0.143. The van der Waals surface area contributed by atoms with Crippen LogP contribution in [0.3, 0.4) is 0 Å².